The molecule has 0 saturated carbocycles. The largest absolute Gasteiger partial charge is 0.444 e. The lowest BCUT2D eigenvalue weighted by Crippen LogP contribution is -2.59. The fourth-order valence-corrected chi connectivity index (χ4v) is 4.50. The van der Waals surface area contributed by atoms with Gasteiger partial charge >= 0.3 is 6.09 Å². The number of hydrogen-bond donors (Lipinski definition) is 2. The van der Waals surface area contributed by atoms with Crippen LogP contribution in [0.1, 0.15) is 79.7 Å². The van der Waals surface area contributed by atoms with Gasteiger partial charge in [0.15, 0.2) is 5.78 Å². The van der Waals surface area contributed by atoms with E-state index in [0.717, 1.165) is 5.56 Å². The number of nitrogens with two attached hydrogens (primary N) is 1. The van der Waals surface area contributed by atoms with Crippen molar-refractivity contribution in [2.75, 3.05) is 13.6 Å². The van der Waals surface area contributed by atoms with E-state index in [1.165, 1.54) is 16.8 Å². The number of rotatable bonds is 8. The van der Waals surface area contributed by atoms with Gasteiger partial charge in [0.2, 0.25) is 11.8 Å². The molecule has 1 aliphatic heterocycles. The van der Waals surface area contributed by atoms with Crippen molar-refractivity contribution in [3.63, 3.8) is 0 Å². The van der Waals surface area contributed by atoms with Gasteiger partial charge in [-0.1, -0.05) is 58.0 Å². The zero-order chi connectivity index (χ0) is 29.0. The summed E-state index contributed by atoms with van der Waals surface area (Å²) in [4.78, 5) is 55.6. The third-order valence-corrected chi connectivity index (χ3v) is 6.91. The normalized spacial score (nSPS) is 20.3. The summed E-state index contributed by atoms with van der Waals surface area (Å²) < 4.78 is 5.37. The minimum Gasteiger partial charge on any atom is -0.444 e. The third-order valence-electron chi connectivity index (χ3n) is 6.91. The van der Waals surface area contributed by atoms with E-state index >= 15 is 0 Å². The standard InChI is InChI=1S/C29H46N4O5/c1-18(20-13-11-10-12-14-20)15-23(34)22-16-21(30)17-33(22)26(36)24(28(3,4)5)31-25(35)19(2)32(9)27(37)38-29(6,7)8/h10-14,18-19,21-22,24H,15-17,30H2,1-9H3,(H,31,35)/t18-,19-,21-,22-,24+/m0/s1. The van der Waals surface area contributed by atoms with Crippen LogP contribution >= 0.6 is 0 Å². The molecule has 0 aromatic heterocycles. The average Bonchev–Trinajstić information content (AvgIpc) is 3.21. The topological polar surface area (TPSA) is 122 Å². The van der Waals surface area contributed by atoms with E-state index in [2.05, 4.69) is 5.32 Å². The maximum atomic E-state index is 13.9. The molecule has 3 amide bonds. The van der Waals surface area contributed by atoms with E-state index < -0.39 is 41.1 Å². The van der Waals surface area contributed by atoms with E-state index in [1.807, 2.05) is 58.0 Å². The van der Waals surface area contributed by atoms with Crippen LogP contribution in [0.2, 0.25) is 0 Å². The summed E-state index contributed by atoms with van der Waals surface area (Å²) in [5.41, 5.74) is 5.92. The van der Waals surface area contributed by atoms with Gasteiger partial charge in [-0.25, -0.2) is 4.79 Å². The Morgan fingerprint density at radius 2 is 1.66 bits per heavy atom. The second-order valence-corrected chi connectivity index (χ2v) is 12.6. The van der Waals surface area contributed by atoms with Crippen LogP contribution in [0.4, 0.5) is 4.79 Å². The molecule has 1 heterocycles. The molecule has 3 N–H and O–H groups in total. The van der Waals surface area contributed by atoms with Gasteiger partial charge in [-0.2, -0.15) is 0 Å². The number of benzene rings is 1. The Labute approximate surface area is 227 Å². The molecule has 0 bridgehead atoms. The van der Waals surface area contributed by atoms with E-state index in [9.17, 15) is 19.2 Å². The van der Waals surface area contributed by atoms with Crippen molar-refractivity contribution in [1.82, 2.24) is 15.1 Å². The number of ketones is 1. The van der Waals surface area contributed by atoms with Crippen LogP contribution in [0, 0.1) is 5.41 Å². The van der Waals surface area contributed by atoms with Crippen molar-refractivity contribution in [3.05, 3.63) is 35.9 Å². The van der Waals surface area contributed by atoms with Gasteiger partial charge in [0.25, 0.3) is 0 Å². The second-order valence-electron chi connectivity index (χ2n) is 12.6. The molecular weight excluding hydrogens is 484 g/mol. The molecule has 9 nitrogen and oxygen atoms in total. The van der Waals surface area contributed by atoms with Crippen molar-refractivity contribution in [1.29, 1.82) is 0 Å². The van der Waals surface area contributed by atoms with Crippen molar-refractivity contribution in [2.45, 2.75) is 104 Å². The van der Waals surface area contributed by atoms with Gasteiger partial charge in [-0.05, 0) is 51.0 Å². The lowest BCUT2D eigenvalue weighted by atomic mass is 9.85. The highest BCUT2D eigenvalue weighted by Gasteiger charge is 2.44. The summed E-state index contributed by atoms with van der Waals surface area (Å²) in [6.07, 6.45) is 0.0342. The molecule has 1 aromatic rings. The summed E-state index contributed by atoms with van der Waals surface area (Å²) in [5.74, 6) is -0.883. The first-order chi connectivity index (χ1) is 17.4. The van der Waals surface area contributed by atoms with Gasteiger partial charge in [-0.3, -0.25) is 19.3 Å². The number of likely N-dealkylation sites (N-methyl/N-ethyl adjacent to an activating group) is 1. The fraction of sp³-hybridized carbons (Fsp3) is 0.655. The Morgan fingerprint density at radius 3 is 2.18 bits per heavy atom. The molecule has 1 fully saturated rings. The highest BCUT2D eigenvalue weighted by Crippen LogP contribution is 2.28. The molecule has 9 heteroatoms. The summed E-state index contributed by atoms with van der Waals surface area (Å²) >= 11 is 0. The summed E-state index contributed by atoms with van der Waals surface area (Å²) in [6, 6.07) is 7.01. The molecule has 2 rings (SSSR count). The molecule has 5 atom stereocenters. The van der Waals surface area contributed by atoms with Crippen molar-refractivity contribution >= 4 is 23.7 Å². The Bertz CT molecular complexity index is 998. The molecular formula is C29H46N4O5. The van der Waals surface area contributed by atoms with E-state index in [0.29, 0.717) is 6.42 Å². The molecule has 212 valence electrons. The number of carbonyl (C=O) groups excluding carboxylic acids is 4. The molecule has 0 unspecified atom stereocenters. The van der Waals surface area contributed by atoms with Gasteiger partial charge < -0.3 is 20.7 Å². The number of nitrogens with zero attached hydrogens (tertiary/aromatic N) is 2. The minimum atomic E-state index is -0.920. The third kappa shape index (κ3) is 8.28. The number of Topliss-reactive ketones (excluding diaryl/α,β-unsaturated/α-hetero) is 1. The maximum Gasteiger partial charge on any atom is 0.410 e. The zero-order valence-electron chi connectivity index (χ0n) is 24.4. The van der Waals surface area contributed by atoms with E-state index in [-0.39, 0.29) is 36.6 Å². The smallest absolute Gasteiger partial charge is 0.410 e. The van der Waals surface area contributed by atoms with Crippen molar-refractivity contribution < 1.29 is 23.9 Å². The SMILES string of the molecule is C[C@@H](CC(=O)[C@@H]1C[C@H](N)CN1C(=O)[C@@H](NC(=O)[C@H](C)N(C)C(=O)OC(C)(C)C)C(C)(C)C)c1ccccc1. The lowest BCUT2D eigenvalue weighted by Gasteiger charge is -2.37. The van der Waals surface area contributed by atoms with Crippen LogP contribution in [0.25, 0.3) is 0 Å². The Balaban J connectivity index is 2.19. The van der Waals surface area contributed by atoms with Gasteiger partial charge in [-0.15, -0.1) is 0 Å². The molecule has 0 spiro atoms. The quantitative estimate of drug-likeness (QED) is 0.531. The van der Waals surface area contributed by atoms with E-state index in [1.54, 1.807) is 27.7 Å². The first kappa shape index (κ1) is 31.3. The highest BCUT2D eigenvalue weighted by atomic mass is 16.6. The monoisotopic (exact) mass is 530 g/mol. The Kier molecular flexibility index (Phi) is 10.1. The number of nitrogens with one attached hydrogen (secondary N) is 1. The molecule has 0 aliphatic carbocycles. The summed E-state index contributed by atoms with van der Waals surface area (Å²) in [6.45, 7) is 14.6. The first-order valence-corrected chi connectivity index (χ1v) is 13.3. The molecule has 38 heavy (non-hydrogen) atoms. The van der Waals surface area contributed by atoms with E-state index in [4.69, 9.17) is 10.5 Å². The van der Waals surface area contributed by atoms with Gasteiger partial charge in [0.05, 0.1) is 6.04 Å². The minimum absolute atomic E-state index is 0.000154. The van der Waals surface area contributed by atoms with Crippen LogP contribution in [-0.4, -0.2) is 76.9 Å². The van der Waals surface area contributed by atoms with Crippen molar-refractivity contribution in [2.24, 2.45) is 11.1 Å². The lowest BCUT2D eigenvalue weighted by molar-refractivity contribution is -0.144. The predicted octanol–water partition coefficient (Wildman–Crippen LogP) is 3.46. The Morgan fingerprint density at radius 1 is 1.08 bits per heavy atom. The van der Waals surface area contributed by atoms with Crippen LogP contribution in [0.3, 0.4) is 0 Å². The molecule has 0 radical (unpaired) electrons. The summed E-state index contributed by atoms with van der Waals surface area (Å²) in [5, 5.41) is 2.84. The second kappa shape index (κ2) is 12.3. The van der Waals surface area contributed by atoms with Crippen LogP contribution < -0.4 is 11.1 Å². The summed E-state index contributed by atoms with van der Waals surface area (Å²) in [7, 11) is 1.48. The number of hydrogen-bond acceptors (Lipinski definition) is 6. The predicted molar refractivity (Wildman–Crippen MR) is 147 cm³/mol. The number of carbonyl (C=O) groups is 4. The molecule has 1 aliphatic rings. The molecule has 1 aromatic carbocycles. The number of ether oxygens (including phenoxy) is 1. The zero-order valence-corrected chi connectivity index (χ0v) is 24.4. The fourth-order valence-electron chi connectivity index (χ4n) is 4.50. The number of amides is 3. The van der Waals surface area contributed by atoms with Crippen molar-refractivity contribution in [3.8, 4) is 0 Å². The molecule has 1 saturated heterocycles. The van der Waals surface area contributed by atoms with Crippen LogP contribution in [0.15, 0.2) is 30.3 Å². The van der Waals surface area contributed by atoms with Crippen LogP contribution in [-0.2, 0) is 19.1 Å². The van der Waals surface area contributed by atoms with Gasteiger partial charge in [0, 0.05) is 26.1 Å². The van der Waals surface area contributed by atoms with Gasteiger partial charge in [0.1, 0.15) is 17.7 Å². The number of likely N-dealkylation sites (tertiary alicyclic amines) is 1. The first-order valence-electron chi connectivity index (χ1n) is 13.3. The van der Waals surface area contributed by atoms with Crippen LogP contribution in [0.5, 0.6) is 0 Å². The Hall–Kier alpha value is -2.94. The highest BCUT2D eigenvalue weighted by molar-refractivity contribution is 5.95. The average molecular weight is 531 g/mol. The maximum absolute atomic E-state index is 13.9.